The van der Waals surface area contributed by atoms with E-state index in [-0.39, 0.29) is 29.9 Å². The van der Waals surface area contributed by atoms with E-state index in [0.717, 1.165) is 42.6 Å². The standard InChI is InChI=1S/C21H28N4O4S/c1-13(2)22-21(26)29-17-7-5-14(11-17)18-12-20(25-24-18)23-16-6-8-19-15(10-16)4-3-9-30(19,27)28/h6,8,10,12-14,17H,3-5,7,9,11H2,1-2H3,(H,22,26)(H2,23,24,25)/t14-,17?/m0/s1. The summed E-state index contributed by atoms with van der Waals surface area (Å²) in [5, 5.41) is 13.4. The number of carbonyl (C=O) groups excluding carboxylic acids is 1. The number of aromatic amines is 1. The number of aromatic nitrogens is 2. The summed E-state index contributed by atoms with van der Waals surface area (Å²) in [5.41, 5.74) is 2.69. The number of fused-ring (bicyclic) bond motifs is 1. The molecule has 2 atom stereocenters. The van der Waals surface area contributed by atoms with E-state index in [2.05, 4.69) is 20.8 Å². The van der Waals surface area contributed by atoms with E-state index in [1.807, 2.05) is 26.0 Å². The number of nitrogens with zero attached hydrogens (tertiary/aromatic N) is 1. The molecule has 1 amide bonds. The molecule has 2 heterocycles. The average Bonchev–Trinajstić information content (AvgIpc) is 3.30. The van der Waals surface area contributed by atoms with Crippen LogP contribution in [0.3, 0.4) is 0 Å². The van der Waals surface area contributed by atoms with Gasteiger partial charge in [0.05, 0.1) is 10.6 Å². The number of sulfone groups is 1. The maximum Gasteiger partial charge on any atom is 0.407 e. The van der Waals surface area contributed by atoms with E-state index in [1.165, 1.54) is 0 Å². The smallest absolute Gasteiger partial charge is 0.407 e. The van der Waals surface area contributed by atoms with Gasteiger partial charge in [-0.3, -0.25) is 5.10 Å². The van der Waals surface area contributed by atoms with Crippen molar-refractivity contribution in [3.8, 4) is 0 Å². The number of anilines is 2. The van der Waals surface area contributed by atoms with E-state index >= 15 is 0 Å². The Morgan fingerprint density at radius 1 is 1.27 bits per heavy atom. The molecule has 30 heavy (non-hydrogen) atoms. The summed E-state index contributed by atoms with van der Waals surface area (Å²) in [5.74, 6) is 1.17. The molecule has 0 saturated heterocycles. The van der Waals surface area contributed by atoms with Gasteiger partial charge in [0.2, 0.25) is 0 Å². The third-order valence-electron chi connectivity index (χ3n) is 5.63. The second kappa shape index (κ2) is 8.29. The summed E-state index contributed by atoms with van der Waals surface area (Å²) in [7, 11) is -3.15. The normalized spacial score (nSPS) is 22.5. The molecule has 1 unspecified atom stereocenters. The lowest BCUT2D eigenvalue weighted by Crippen LogP contribution is -2.33. The Hall–Kier alpha value is -2.55. The highest BCUT2D eigenvalue weighted by Gasteiger charge is 2.30. The fourth-order valence-electron chi connectivity index (χ4n) is 4.23. The Bertz CT molecular complexity index is 1030. The molecule has 0 bridgehead atoms. The summed E-state index contributed by atoms with van der Waals surface area (Å²) in [6, 6.07) is 7.38. The molecule has 4 rings (SSSR count). The van der Waals surface area contributed by atoms with Gasteiger partial charge < -0.3 is 15.4 Å². The molecule has 1 aromatic carbocycles. The molecule has 2 aliphatic rings. The topological polar surface area (TPSA) is 113 Å². The summed E-state index contributed by atoms with van der Waals surface area (Å²) < 4.78 is 29.8. The van der Waals surface area contributed by atoms with Gasteiger partial charge in [-0.1, -0.05) is 0 Å². The van der Waals surface area contributed by atoms with E-state index in [4.69, 9.17) is 4.74 Å². The van der Waals surface area contributed by atoms with Crippen molar-refractivity contribution < 1.29 is 17.9 Å². The average molecular weight is 433 g/mol. The minimum Gasteiger partial charge on any atom is -0.446 e. The van der Waals surface area contributed by atoms with Crippen LogP contribution >= 0.6 is 0 Å². The van der Waals surface area contributed by atoms with Crippen LogP contribution in [0.15, 0.2) is 29.2 Å². The number of ether oxygens (including phenoxy) is 1. The van der Waals surface area contributed by atoms with Crippen molar-refractivity contribution in [2.75, 3.05) is 11.1 Å². The number of hydrogen-bond acceptors (Lipinski definition) is 6. The highest BCUT2D eigenvalue weighted by molar-refractivity contribution is 7.91. The minimum atomic E-state index is -3.15. The molecule has 3 N–H and O–H groups in total. The Kier molecular flexibility index (Phi) is 5.73. The first-order valence-corrected chi connectivity index (χ1v) is 12.1. The van der Waals surface area contributed by atoms with Crippen LogP contribution in [-0.4, -0.2) is 42.6 Å². The number of hydrogen-bond donors (Lipinski definition) is 3. The van der Waals surface area contributed by atoms with Crippen LogP contribution < -0.4 is 10.6 Å². The first-order chi connectivity index (χ1) is 14.3. The van der Waals surface area contributed by atoms with Crippen LogP contribution in [0.4, 0.5) is 16.3 Å². The Balaban J connectivity index is 1.38. The SMILES string of the molecule is CC(C)NC(=O)OC1CC[C@H](c2cc(Nc3ccc4c(c3)CCCS4(=O)=O)n[nH]2)C1. The zero-order valence-corrected chi connectivity index (χ0v) is 18.1. The Morgan fingerprint density at radius 2 is 2.10 bits per heavy atom. The molecule has 8 nitrogen and oxygen atoms in total. The Morgan fingerprint density at radius 3 is 2.90 bits per heavy atom. The maximum absolute atomic E-state index is 12.2. The van der Waals surface area contributed by atoms with Gasteiger partial charge in [0, 0.05) is 29.4 Å². The molecule has 0 radical (unpaired) electrons. The van der Waals surface area contributed by atoms with Gasteiger partial charge in [0.1, 0.15) is 6.10 Å². The summed E-state index contributed by atoms with van der Waals surface area (Å²) in [6.45, 7) is 3.80. The number of alkyl carbamates (subject to hydrolysis) is 1. The molecule has 2 aromatic rings. The summed E-state index contributed by atoms with van der Waals surface area (Å²) in [4.78, 5) is 12.2. The lowest BCUT2D eigenvalue weighted by Gasteiger charge is -2.17. The first kappa shape index (κ1) is 20.7. The molecule has 1 aliphatic heterocycles. The Labute approximate surface area is 176 Å². The van der Waals surface area contributed by atoms with Crippen LogP contribution in [0.5, 0.6) is 0 Å². The number of amides is 1. The number of H-pyrrole nitrogens is 1. The highest BCUT2D eigenvalue weighted by atomic mass is 32.2. The molecular weight excluding hydrogens is 404 g/mol. The van der Waals surface area contributed by atoms with Gasteiger partial charge in [-0.25, -0.2) is 13.2 Å². The van der Waals surface area contributed by atoms with Crippen molar-refractivity contribution in [2.45, 2.75) is 68.9 Å². The van der Waals surface area contributed by atoms with Crippen LogP contribution in [0.1, 0.15) is 56.7 Å². The van der Waals surface area contributed by atoms with Crippen LogP contribution in [-0.2, 0) is 21.0 Å². The molecule has 162 valence electrons. The zero-order valence-electron chi connectivity index (χ0n) is 17.3. The first-order valence-electron chi connectivity index (χ1n) is 10.5. The van der Waals surface area contributed by atoms with Crippen LogP contribution in [0, 0.1) is 0 Å². The number of rotatable bonds is 5. The van der Waals surface area contributed by atoms with Gasteiger partial charge in [0.15, 0.2) is 15.7 Å². The van der Waals surface area contributed by atoms with Crippen molar-refractivity contribution in [2.24, 2.45) is 0 Å². The molecule has 1 fully saturated rings. The van der Waals surface area contributed by atoms with E-state index in [0.29, 0.717) is 17.1 Å². The number of aryl methyl sites for hydroxylation is 1. The van der Waals surface area contributed by atoms with E-state index in [1.54, 1.807) is 12.1 Å². The number of nitrogens with one attached hydrogen (secondary N) is 3. The van der Waals surface area contributed by atoms with Crippen molar-refractivity contribution in [1.82, 2.24) is 15.5 Å². The second-order valence-corrected chi connectivity index (χ2v) is 10.5. The van der Waals surface area contributed by atoms with Crippen molar-refractivity contribution in [1.29, 1.82) is 0 Å². The fraction of sp³-hybridized carbons (Fsp3) is 0.524. The zero-order chi connectivity index (χ0) is 21.3. The predicted molar refractivity (Wildman–Crippen MR) is 114 cm³/mol. The van der Waals surface area contributed by atoms with Gasteiger partial charge in [-0.05, 0) is 69.7 Å². The molecule has 0 spiro atoms. The molecular formula is C21H28N4O4S. The highest BCUT2D eigenvalue weighted by Crippen LogP contribution is 2.36. The number of benzene rings is 1. The van der Waals surface area contributed by atoms with E-state index in [9.17, 15) is 13.2 Å². The van der Waals surface area contributed by atoms with Gasteiger partial charge in [-0.2, -0.15) is 5.10 Å². The quantitative estimate of drug-likeness (QED) is 0.665. The van der Waals surface area contributed by atoms with E-state index < -0.39 is 9.84 Å². The third kappa shape index (κ3) is 4.61. The molecule has 9 heteroatoms. The number of carbonyl (C=O) groups is 1. The monoisotopic (exact) mass is 432 g/mol. The molecule has 1 aliphatic carbocycles. The van der Waals surface area contributed by atoms with Crippen molar-refractivity contribution >= 4 is 27.4 Å². The maximum atomic E-state index is 12.2. The van der Waals surface area contributed by atoms with Crippen molar-refractivity contribution in [3.05, 3.63) is 35.5 Å². The largest absolute Gasteiger partial charge is 0.446 e. The third-order valence-corrected chi connectivity index (χ3v) is 7.52. The molecule has 1 aromatic heterocycles. The predicted octanol–water partition coefficient (Wildman–Crippen LogP) is 3.64. The van der Waals surface area contributed by atoms with Crippen LogP contribution in [0.2, 0.25) is 0 Å². The van der Waals surface area contributed by atoms with Gasteiger partial charge >= 0.3 is 6.09 Å². The van der Waals surface area contributed by atoms with Gasteiger partial charge in [0.25, 0.3) is 0 Å². The van der Waals surface area contributed by atoms with Crippen LogP contribution in [0.25, 0.3) is 0 Å². The summed E-state index contributed by atoms with van der Waals surface area (Å²) in [6.07, 6.45) is 3.50. The molecule has 1 saturated carbocycles. The van der Waals surface area contributed by atoms with Crippen molar-refractivity contribution in [3.63, 3.8) is 0 Å². The summed E-state index contributed by atoms with van der Waals surface area (Å²) >= 11 is 0. The second-order valence-electron chi connectivity index (χ2n) is 8.41. The minimum absolute atomic E-state index is 0.0552. The van der Waals surface area contributed by atoms with Gasteiger partial charge in [-0.15, -0.1) is 0 Å². The fourth-order valence-corrected chi connectivity index (χ4v) is 5.81. The lowest BCUT2D eigenvalue weighted by atomic mass is 10.0. The lowest BCUT2D eigenvalue weighted by molar-refractivity contribution is 0.0981.